The standard InChI is InChI=1S/C18H22N2O3/c1-4-16(23-14-8-5-12(2)6-9-14)18(21)20-15-11-13(19)7-10-17(15)22-3/h5-11,16H,4,19H2,1-3H3,(H,20,21)/t16-/m0/s1. The van der Waals surface area contributed by atoms with Gasteiger partial charge in [0.05, 0.1) is 12.8 Å². The van der Waals surface area contributed by atoms with Crippen molar-refractivity contribution in [1.29, 1.82) is 0 Å². The molecule has 0 fully saturated rings. The molecule has 5 heteroatoms. The first-order valence-corrected chi connectivity index (χ1v) is 7.51. The van der Waals surface area contributed by atoms with E-state index >= 15 is 0 Å². The second-order valence-corrected chi connectivity index (χ2v) is 5.28. The van der Waals surface area contributed by atoms with E-state index in [-0.39, 0.29) is 5.91 Å². The summed E-state index contributed by atoms with van der Waals surface area (Å²) in [5, 5.41) is 2.82. The Bertz CT molecular complexity index is 668. The summed E-state index contributed by atoms with van der Waals surface area (Å²) in [6.07, 6.45) is -0.0477. The van der Waals surface area contributed by atoms with Crippen molar-refractivity contribution in [2.24, 2.45) is 0 Å². The van der Waals surface area contributed by atoms with Crippen molar-refractivity contribution in [3.05, 3.63) is 48.0 Å². The Morgan fingerprint density at radius 1 is 1.22 bits per heavy atom. The normalized spacial score (nSPS) is 11.6. The van der Waals surface area contributed by atoms with Gasteiger partial charge in [-0.25, -0.2) is 0 Å². The third-order valence-electron chi connectivity index (χ3n) is 3.44. The lowest BCUT2D eigenvalue weighted by molar-refractivity contribution is -0.122. The van der Waals surface area contributed by atoms with Crippen LogP contribution in [0.4, 0.5) is 11.4 Å². The number of carbonyl (C=O) groups excluding carboxylic acids is 1. The molecule has 2 aromatic carbocycles. The molecule has 0 aliphatic rings. The van der Waals surface area contributed by atoms with Crippen LogP contribution in [-0.4, -0.2) is 19.1 Å². The fraction of sp³-hybridized carbons (Fsp3) is 0.278. The van der Waals surface area contributed by atoms with E-state index in [1.54, 1.807) is 25.3 Å². The molecular weight excluding hydrogens is 292 g/mol. The number of amides is 1. The van der Waals surface area contributed by atoms with Crippen LogP contribution in [0.5, 0.6) is 11.5 Å². The molecule has 122 valence electrons. The number of hydrogen-bond acceptors (Lipinski definition) is 4. The summed E-state index contributed by atoms with van der Waals surface area (Å²) in [6, 6.07) is 12.7. The van der Waals surface area contributed by atoms with Crippen LogP contribution >= 0.6 is 0 Å². The molecular formula is C18H22N2O3. The van der Waals surface area contributed by atoms with Crippen LogP contribution in [0.2, 0.25) is 0 Å². The lowest BCUT2D eigenvalue weighted by Gasteiger charge is -2.18. The van der Waals surface area contributed by atoms with Crippen LogP contribution in [0.25, 0.3) is 0 Å². The van der Waals surface area contributed by atoms with Crippen molar-refractivity contribution in [3.8, 4) is 11.5 Å². The predicted octanol–water partition coefficient (Wildman–Crippen LogP) is 3.38. The quantitative estimate of drug-likeness (QED) is 0.802. The number of rotatable bonds is 6. The maximum Gasteiger partial charge on any atom is 0.265 e. The number of ether oxygens (including phenoxy) is 2. The van der Waals surface area contributed by atoms with E-state index in [0.717, 1.165) is 5.56 Å². The number of benzene rings is 2. The van der Waals surface area contributed by atoms with Gasteiger partial charge in [0.2, 0.25) is 0 Å². The van der Waals surface area contributed by atoms with E-state index in [1.165, 1.54) is 0 Å². The fourth-order valence-electron chi connectivity index (χ4n) is 2.14. The van der Waals surface area contributed by atoms with E-state index in [4.69, 9.17) is 15.2 Å². The van der Waals surface area contributed by atoms with Crippen LogP contribution in [-0.2, 0) is 4.79 Å². The van der Waals surface area contributed by atoms with Crippen molar-refractivity contribution in [2.75, 3.05) is 18.2 Å². The summed E-state index contributed by atoms with van der Waals surface area (Å²) < 4.78 is 11.0. The number of anilines is 2. The minimum Gasteiger partial charge on any atom is -0.495 e. The second-order valence-electron chi connectivity index (χ2n) is 5.28. The van der Waals surface area contributed by atoms with Gasteiger partial charge in [0.15, 0.2) is 6.10 Å². The Morgan fingerprint density at radius 3 is 2.52 bits per heavy atom. The zero-order valence-corrected chi connectivity index (χ0v) is 13.6. The molecule has 0 saturated carbocycles. The minimum atomic E-state index is -0.594. The topological polar surface area (TPSA) is 73.6 Å². The lowest BCUT2D eigenvalue weighted by Crippen LogP contribution is -2.32. The summed E-state index contributed by atoms with van der Waals surface area (Å²) in [5.41, 5.74) is 7.99. The highest BCUT2D eigenvalue weighted by molar-refractivity contribution is 5.96. The number of methoxy groups -OCH3 is 1. The molecule has 0 aromatic heterocycles. The maximum absolute atomic E-state index is 12.5. The second kappa shape index (κ2) is 7.54. The van der Waals surface area contributed by atoms with Gasteiger partial charge >= 0.3 is 0 Å². The Hall–Kier alpha value is -2.69. The van der Waals surface area contributed by atoms with Crippen LogP contribution in [0.15, 0.2) is 42.5 Å². The summed E-state index contributed by atoms with van der Waals surface area (Å²) >= 11 is 0. The van der Waals surface area contributed by atoms with E-state index in [9.17, 15) is 4.79 Å². The fourth-order valence-corrected chi connectivity index (χ4v) is 2.14. The van der Waals surface area contributed by atoms with Gasteiger partial charge in [-0.3, -0.25) is 4.79 Å². The summed E-state index contributed by atoms with van der Waals surface area (Å²) in [5.74, 6) is 0.979. The van der Waals surface area contributed by atoms with Gasteiger partial charge in [0, 0.05) is 5.69 Å². The highest BCUT2D eigenvalue weighted by atomic mass is 16.5. The molecule has 0 heterocycles. The predicted molar refractivity (Wildman–Crippen MR) is 91.9 cm³/mol. The van der Waals surface area contributed by atoms with Crippen molar-refractivity contribution in [2.45, 2.75) is 26.4 Å². The zero-order chi connectivity index (χ0) is 16.8. The number of nitrogens with one attached hydrogen (secondary N) is 1. The molecule has 5 nitrogen and oxygen atoms in total. The Labute approximate surface area is 136 Å². The Balaban J connectivity index is 2.11. The lowest BCUT2D eigenvalue weighted by atomic mass is 10.2. The van der Waals surface area contributed by atoms with Gasteiger partial charge in [-0.05, 0) is 43.7 Å². The molecule has 0 saturated heterocycles. The van der Waals surface area contributed by atoms with Gasteiger partial charge in [-0.15, -0.1) is 0 Å². The first-order chi connectivity index (χ1) is 11.0. The Morgan fingerprint density at radius 2 is 1.91 bits per heavy atom. The largest absolute Gasteiger partial charge is 0.495 e. The van der Waals surface area contributed by atoms with Crippen LogP contribution < -0.4 is 20.5 Å². The van der Waals surface area contributed by atoms with E-state index in [1.807, 2.05) is 38.1 Å². The van der Waals surface area contributed by atoms with Gasteiger partial charge in [0.25, 0.3) is 5.91 Å². The third kappa shape index (κ3) is 4.39. The number of aryl methyl sites for hydroxylation is 1. The number of nitrogens with two attached hydrogens (primary N) is 1. The van der Waals surface area contributed by atoms with Crippen LogP contribution in [0.3, 0.4) is 0 Å². The molecule has 0 unspecified atom stereocenters. The average molecular weight is 314 g/mol. The highest BCUT2D eigenvalue weighted by Crippen LogP contribution is 2.27. The highest BCUT2D eigenvalue weighted by Gasteiger charge is 2.20. The molecule has 1 atom stereocenters. The van der Waals surface area contributed by atoms with E-state index in [2.05, 4.69) is 5.32 Å². The summed E-state index contributed by atoms with van der Waals surface area (Å²) in [7, 11) is 1.54. The monoisotopic (exact) mass is 314 g/mol. The zero-order valence-electron chi connectivity index (χ0n) is 13.6. The number of carbonyl (C=O) groups is 1. The average Bonchev–Trinajstić information content (AvgIpc) is 2.54. The molecule has 0 radical (unpaired) electrons. The SMILES string of the molecule is CC[C@H](Oc1ccc(C)cc1)C(=O)Nc1cc(N)ccc1OC. The molecule has 0 aliphatic carbocycles. The summed E-state index contributed by atoms with van der Waals surface area (Å²) in [4.78, 5) is 12.5. The van der Waals surface area contributed by atoms with Crippen molar-refractivity contribution in [3.63, 3.8) is 0 Å². The van der Waals surface area contributed by atoms with Gasteiger partial charge < -0.3 is 20.5 Å². The van der Waals surface area contributed by atoms with E-state index in [0.29, 0.717) is 29.3 Å². The molecule has 3 N–H and O–H groups in total. The smallest absolute Gasteiger partial charge is 0.265 e. The molecule has 1 amide bonds. The van der Waals surface area contributed by atoms with Gasteiger partial charge in [-0.2, -0.15) is 0 Å². The van der Waals surface area contributed by atoms with Crippen molar-refractivity contribution < 1.29 is 14.3 Å². The first kappa shape index (κ1) is 16.7. The Kier molecular flexibility index (Phi) is 5.46. The van der Waals surface area contributed by atoms with Crippen LogP contribution in [0, 0.1) is 6.92 Å². The number of hydrogen-bond donors (Lipinski definition) is 2. The maximum atomic E-state index is 12.5. The number of nitrogen functional groups attached to an aromatic ring is 1. The van der Waals surface area contributed by atoms with Crippen molar-refractivity contribution >= 4 is 17.3 Å². The molecule has 2 aromatic rings. The van der Waals surface area contributed by atoms with Gasteiger partial charge in [0.1, 0.15) is 11.5 Å². The van der Waals surface area contributed by atoms with Crippen LogP contribution in [0.1, 0.15) is 18.9 Å². The van der Waals surface area contributed by atoms with E-state index < -0.39 is 6.10 Å². The molecule has 0 aliphatic heterocycles. The minimum absolute atomic E-state index is 0.239. The first-order valence-electron chi connectivity index (χ1n) is 7.51. The molecule has 0 bridgehead atoms. The molecule has 2 rings (SSSR count). The van der Waals surface area contributed by atoms with Crippen molar-refractivity contribution in [1.82, 2.24) is 0 Å². The third-order valence-corrected chi connectivity index (χ3v) is 3.44. The molecule has 0 spiro atoms. The summed E-state index contributed by atoms with van der Waals surface area (Å²) in [6.45, 7) is 3.90. The molecule has 23 heavy (non-hydrogen) atoms. The van der Waals surface area contributed by atoms with Gasteiger partial charge in [-0.1, -0.05) is 24.6 Å².